The van der Waals surface area contributed by atoms with Gasteiger partial charge in [-0.3, -0.25) is 9.67 Å². The Morgan fingerprint density at radius 1 is 1.43 bits per heavy atom. The minimum Gasteiger partial charge on any atom is -0.309 e. The molecule has 1 atom stereocenters. The van der Waals surface area contributed by atoms with Crippen molar-refractivity contribution in [3.05, 3.63) is 44.9 Å². The van der Waals surface area contributed by atoms with Gasteiger partial charge in [0.1, 0.15) is 0 Å². The molecule has 2 rings (SSSR count). The minimum atomic E-state index is 0.101. The van der Waals surface area contributed by atoms with Gasteiger partial charge in [-0.05, 0) is 48.5 Å². The Hall–Kier alpha value is -0.910. The molecule has 0 aliphatic heterocycles. The molecule has 0 radical (unpaired) electrons. The molecule has 21 heavy (non-hydrogen) atoms. The fraction of sp³-hybridized carbons (Fsp3) is 0.467. The number of likely N-dealkylation sites (N-methyl/N-ethyl adjacent to an activating group) is 1. The summed E-state index contributed by atoms with van der Waals surface area (Å²) in [7, 11) is 0. The molecule has 1 N–H and O–H groups in total. The molecule has 6 heteroatoms. The number of aromatic nitrogens is 3. The fourth-order valence-corrected chi connectivity index (χ4v) is 3.17. The van der Waals surface area contributed by atoms with Gasteiger partial charge in [-0.2, -0.15) is 5.10 Å². The molecule has 0 aromatic carbocycles. The van der Waals surface area contributed by atoms with Crippen molar-refractivity contribution in [1.82, 2.24) is 20.1 Å². The first-order valence-corrected chi connectivity index (χ1v) is 8.31. The van der Waals surface area contributed by atoms with Gasteiger partial charge in [-0.15, -0.1) is 0 Å². The molecule has 2 heterocycles. The van der Waals surface area contributed by atoms with Crippen LogP contribution in [0.25, 0.3) is 0 Å². The lowest BCUT2D eigenvalue weighted by Crippen LogP contribution is -2.25. The molecule has 4 nitrogen and oxygen atoms in total. The fourth-order valence-electron chi connectivity index (χ4n) is 2.42. The quantitative estimate of drug-likeness (QED) is 0.837. The van der Waals surface area contributed by atoms with Gasteiger partial charge < -0.3 is 5.32 Å². The Balaban J connectivity index is 2.35. The zero-order valence-corrected chi connectivity index (χ0v) is 14.9. The molecular weight excluding hydrogens is 352 g/mol. The summed E-state index contributed by atoms with van der Waals surface area (Å²) in [5.41, 5.74) is 2.93. The summed E-state index contributed by atoms with van der Waals surface area (Å²) in [6.45, 7) is 7.78. The van der Waals surface area contributed by atoms with E-state index in [0.717, 1.165) is 46.1 Å². The van der Waals surface area contributed by atoms with E-state index in [-0.39, 0.29) is 6.04 Å². The SMILES string of the molecule is CCNC(Cc1c(Cl)c(C)nn1CC)c1ncccc1Br. The van der Waals surface area contributed by atoms with Gasteiger partial charge in [0, 0.05) is 23.6 Å². The number of nitrogens with one attached hydrogen (secondary N) is 1. The van der Waals surface area contributed by atoms with Crippen molar-refractivity contribution in [2.45, 2.75) is 39.8 Å². The Labute approximate surface area is 139 Å². The predicted molar refractivity (Wildman–Crippen MR) is 89.7 cm³/mol. The molecule has 0 saturated carbocycles. The van der Waals surface area contributed by atoms with Crippen molar-refractivity contribution < 1.29 is 0 Å². The van der Waals surface area contributed by atoms with E-state index in [1.54, 1.807) is 0 Å². The second kappa shape index (κ2) is 7.38. The maximum Gasteiger partial charge on any atom is 0.0847 e. The third kappa shape index (κ3) is 3.65. The van der Waals surface area contributed by atoms with Crippen LogP contribution in [0.15, 0.2) is 22.8 Å². The van der Waals surface area contributed by atoms with Gasteiger partial charge in [-0.25, -0.2) is 0 Å². The van der Waals surface area contributed by atoms with Crippen molar-refractivity contribution in [3.63, 3.8) is 0 Å². The molecule has 0 spiro atoms. The summed E-state index contributed by atoms with van der Waals surface area (Å²) in [5.74, 6) is 0. The molecule has 0 fully saturated rings. The van der Waals surface area contributed by atoms with Crippen LogP contribution in [0.1, 0.15) is 37.0 Å². The van der Waals surface area contributed by atoms with Gasteiger partial charge in [0.05, 0.1) is 28.1 Å². The molecule has 114 valence electrons. The van der Waals surface area contributed by atoms with Crippen LogP contribution in [-0.4, -0.2) is 21.3 Å². The third-order valence-corrected chi connectivity index (χ3v) is 4.58. The lowest BCUT2D eigenvalue weighted by atomic mass is 10.1. The Bertz CT molecular complexity index is 612. The molecule has 1 unspecified atom stereocenters. The summed E-state index contributed by atoms with van der Waals surface area (Å²) in [6.07, 6.45) is 2.57. The minimum absolute atomic E-state index is 0.101. The van der Waals surface area contributed by atoms with Crippen LogP contribution in [0.4, 0.5) is 0 Å². The predicted octanol–water partition coefficient (Wildman–Crippen LogP) is 3.92. The van der Waals surface area contributed by atoms with E-state index >= 15 is 0 Å². The van der Waals surface area contributed by atoms with Crippen LogP contribution in [0.5, 0.6) is 0 Å². The van der Waals surface area contributed by atoms with Crippen molar-refractivity contribution >= 4 is 27.5 Å². The summed E-state index contributed by atoms with van der Waals surface area (Å²) >= 11 is 10.0. The first-order chi connectivity index (χ1) is 10.1. The second-order valence-corrected chi connectivity index (χ2v) is 6.08. The van der Waals surface area contributed by atoms with Crippen LogP contribution in [0.3, 0.4) is 0 Å². The molecular formula is C15H20BrClN4. The maximum atomic E-state index is 6.42. The highest BCUT2D eigenvalue weighted by molar-refractivity contribution is 9.10. The van der Waals surface area contributed by atoms with E-state index < -0.39 is 0 Å². The Morgan fingerprint density at radius 2 is 2.19 bits per heavy atom. The standard InChI is InChI=1S/C15H20BrClN4/c1-4-18-12(15-11(16)7-6-8-19-15)9-13-14(17)10(3)20-21(13)5-2/h6-8,12,18H,4-5,9H2,1-3H3. The number of aryl methyl sites for hydroxylation is 2. The Morgan fingerprint density at radius 3 is 2.81 bits per heavy atom. The summed E-state index contributed by atoms with van der Waals surface area (Å²) in [6, 6.07) is 4.03. The number of halogens is 2. The molecule has 2 aromatic rings. The smallest absolute Gasteiger partial charge is 0.0847 e. The van der Waals surface area contributed by atoms with Gasteiger partial charge >= 0.3 is 0 Å². The maximum absolute atomic E-state index is 6.42. The van der Waals surface area contributed by atoms with E-state index in [4.69, 9.17) is 11.6 Å². The molecule has 0 saturated heterocycles. The molecule has 0 aliphatic carbocycles. The van der Waals surface area contributed by atoms with E-state index in [0.29, 0.717) is 0 Å². The first-order valence-electron chi connectivity index (χ1n) is 7.14. The van der Waals surface area contributed by atoms with E-state index in [1.165, 1.54) is 0 Å². The lowest BCUT2D eigenvalue weighted by Gasteiger charge is -2.19. The first kappa shape index (κ1) is 16.5. The number of nitrogens with zero attached hydrogens (tertiary/aromatic N) is 3. The highest BCUT2D eigenvalue weighted by Gasteiger charge is 2.21. The van der Waals surface area contributed by atoms with E-state index in [2.05, 4.69) is 45.2 Å². The van der Waals surface area contributed by atoms with Gasteiger partial charge in [-0.1, -0.05) is 18.5 Å². The lowest BCUT2D eigenvalue weighted by molar-refractivity contribution is 0.505. The number of rotatable bonds is 6. The zero-order chi connectivity index (χ0) is 15.4. The number of hydrogen-bond donors (Lipinski definition) is 1. The van der Waals surface area contributed by atoms with Crippen molar-refractivity contribution in [1.29, 1.82) is 0 Å². The van der Waals surface area contributed by atoms with Crippen molar-refractivity contribution in [2.24, 2.45) is 0 Å². The van der Waals surface area contributed by atoms with Gasteiger partial charge in [0.2, 0.25) is 0 Å². The van der Waals surface area contributed by atoms with Crippen LogP contribution >= 0.6 is 27.5 Å². The summed E-state index contributed by atoms with van der Waals surface area (Å²) < 4.78 is 2.98. The third-order valence-electron chi connectivity index (χ3n) is 3.42. The van der Waals surface area contributed by atoms with Crippen LogP contribution in [0.2, 0.25) is 5.02 Å². The molecule has 0 amide bonds. The molecule has 0 aliphatic rings. The van der Waals surface area contributed by atoms with E-state index in [9.17, 15) is 0 Å². The Kier molecular flexibility index (Phi) is 5.79. The summed E-state index contributed by atoms with van der Waals surface area (Å²) in [5, 5.41) is 8.72. The average Bonchev–Trinajstić information content (AvgIpc) is 2.75. The van der Waals surface area contributed by atoms with Gasteiger partial charge in [0.15, 0.2) is 0 Å². The topological polar surface area (TPSA) is 42.7 Å². The largest absolute Gasteiger partial charge is 0.309 e. The molecule has 2 aromatic heterocycles. The van der Waals surface area contributed by atoms with Crippen LogP contribution in [0, 0.1) is 6.92 Å². The van der Waals surface area contributed by atoms with Crippen molar-refractivity contribution in [3.8, 4) is 0 Å². The highest BCUT2D eigenvalue weighted by Crippen LogP contribution is 2.28. The monoisotopic (exact) mass is 370 g/mol. The van der Waals surface area contributed by atoms with E-state index in [1.807, 2.05) is 29.9 Å². The van der Waals surface area contributed by atoms with Crippen molar-refractivity contribution in [2.75, 3.05) is 6.54 Å². The normalized spacial score (nSPS) is 12.6. The van der Waals surface area contributed by atoms with Crippen LogP contribution < -0.4 is 5.32 Å². The number of hydrogen-bond acceptors (Lipinski definition) is 3. The average molecular weight is 372 g/mol. The van der Waals surface area contributed by atoms with Crippen LogP contribution in [-0.2, 0) is 13.0 Å². The highest BCUT2D eigenvalue weighted by atomic mass is 79.9. The van der Waals surface area contributed by atoms with Gasteiger partial charge in [0.25, 0.3) is 0 Å². The number of pyridine rings is 1. The second-order valence-electron chi connectivity index (χ2n) is 4.85. The summed E-state index contributed by atoms with van der Waals surface area (Å²) in [4.78, 5) is 4.50. The zero-order valence-electron chi connectivity index (χ0n) is 12.5. The molecule has 0 bridgehead atoms.